The Kier molecular flexibility index (Phi) is 3.79. The van der Waals surface area contributed by atoms with Crippen LogP contribution in [0.5, 0.6) is 0 Å². The first-order valence-electron chi connectivity index (χ1n) is 5.11. The Labute approximate surface area is 97.5 Å². The van der Waals surface area contributed by atoms with Crippen molar-refractivity contribution in [3.05, 3.63) is 6.33 Å². The second kappa shape index (κ2) is 5.31. The van der Waals surface area contributed by atoms with Crippen molar-refractivity contribution in [2.75, 3.05) is 12.9 Å². The van der Waals surface area contributed by atoms with E-state index in [0.717, 1.165) is 12.8 Å². The highest BCUT2D eigenvalue weighted by Crippen LogP contribution is 2.21. The molecule has 2 N–H and O–H groups in total. The lowest BCUT2D eigenvalue weighted by Crippen LogP contribution is -2.41. The van der Waals surface area contributed by atoms with E-state index in [1.807, 2.05) is 0 Å². The summed E-state index contributed by atoms with van der Waals surface area (Å²) >= 11 is 1.46. The van der Waals surface area contributed by atoms with E-state index in [9.17, 15) is 4.79 Å². The van der Waals surface area contributed by atoms with Gasteiger partial charge in [-0.25, -0.2) is 4.98 Å². The highest BCUT2D eigenvalue weighted by atomic mass is 32.2. The van der Waals surface area contributed by atoms with Gasteiger partial charge in [-0.1, -0.05) is 11.8 Å². The topological polar surface area (TPSA) is 79.9 Å². The van der Waals surface area contributed by atoms with E-state index in [0.29, 0.717) is 17.0 Å². The molecule has 1 heterocycles. The molecule has 1 aliphatic carbocycles. The summed E-state index contributed by atoms with van der Waals surface area (Å²) in [6.45, 7) is 0. The Morgan fingerprint density at radius 2 is 2.62 bits per heavy atom. The predicted octanol–water partition coefficient (Wildman–Crippen LogP) is 0.190. The molecular formula is C9H14N4O2S. The summed E-state index contributed by atoms with van der Waals surface area (Å²) in [7, 11) is 1.41. The molecule has 0 bridgehead atoms. The molecule has 0 saturated heterocycles. The number of rotatable bonds is 6. The van der Waals surface area contributed by atoms with Gasteiger partial charge in [-0.3, -0.25) is 9.89 Å². The second-order valence-electron chi connectivity index (χ2n) is 3.62. The number of aromatic nitrogens is 3. The van der Waals surface area contributed by atoms with Gasteiger partial charge in [0.25, 0.3) is 0 Å². The molecule has 2 rings (SSSR count). The van der Waals surface area contributed by atoms with Gasteiger partial charge in [0.05, 0.1) is 7.11 Å². The number of nitrogens with zero attached hydrogens (tertiary/aromatic N) is 2. The molecule has 1 fully saturated rings. The van der Waals surface area contributed by atoms with Crippen molar-refractivity contribution in [1.29, 1.82) is 0 Å². The van der Waals surface area contributed by atoms with Crippen LogP contribution < -0.4 is 5.32 Å². The average Bonchev–Trinajstić information content (AvgIpc) is 2.97. The van der Waals surface area contributed by atoms with Crippen LogP contribution in [0, 0.1) is 0 Å². The predicted molar refractivity (Wildman–Crippen MR) is 59.1 cm³/mol. The first-order chi connectivity index (χ1) is 7.79. The molecule has 1 aromatic heterocycles. The standard InChI is InChI=1S/C9H14N4O2S/c1-15-8(14)7(12-6-2-3-6)4-16-9-10-5-11-13-9/h5-7,12H,2-4H2,1H3,(H,10,11,13). The zero-order valence-electron chi connectivity index (χ0n) is 8.97. The Morgan fingerprint density at radius 3 is 3.19 bits per heavy atom. The van der Waals surface area contributed by atoms with Gasteiger partial charge in [0.2, 0.25) is 0 Å². The van der Waals surface area contributed by atoms with Gasteiger partial charge < -0.3 is 10.1 Å². The smallest absolute Gasteiger partial charge is 0.323 e. The van der Waals surface area contributed by atoms with Crippen LogP contribution in [0.15, 0.2) is 11.5 Å². The lowest BCUT2D eigenvalue weighted by atomic mass is 10.3. The summed E-state index contributed by atoms with van der Waals surface area (Å²) in [5.41, 5.74) is 0. The molecule has 0 aromatic carbocycles. The zero-order chi connectivity index (χ0) is 11.4. The van der Waals surface area contributed by atoms with Gasteiger partial charge in [-0.05, 0) is 12.8 Å². The minimum atomic E-state index is -0.271. The summed E-state index contributed by atoms with van der Waals surface area (Å²) < 4.78 is 4.75. The van der Waals surface area contributed by atoms with Gasteiger partial charge in [0.1, 0.15) is 12.4 Å². The number of nitrogens with one attached hydrogen (secondary N) is 2. The van der Waals surface area contributed by atoms with Crippen molar-refractivity contribution < 1.29 is 9.53 Å². The number of methoxy groups -OCH3 is 1. The third-order valence-corrected chi connectivity index (χ3v) is 3.25. The van der Waals surface area contributed by atoms with Crippen LogP contribution in [0.3, 0.4) is 0 Å². The van der Waals surface area contributed by atoms with Crippen LogP contribution in [-0.2, 0) is 9.53 Å². The van der Waals surface area contributed by atoms with Crippen LogP contribution in [0.4, 0.5) is 0 Å². The molecule has 0 amide bonds. The summed E-state index contributed by atoms with van der Waals surface area (Å²) in [6.07, 6.45) is 3.73. The number of aromatic amines is 1. The SMILES string of the molecule is COC(=O)C(CSc1ncn[nH]1)NC1CC1. The van der Waals surface area contributed by atoms with E-state index >= 15 is 0 Å². The molecule has 1 aromatic rings. The average molecular weight is 242 g/mol. The molecule has 1 unspecified atom stereocenters. The Bertz CT molecular complexity index is 339. The van der Waals surface area contributed by atoms with Crippen LogP contribution in [0.2, 0.25) is 0 Å². The molecule has 16 heavy (non-hydrogen) atoms. The summed E-state index contributed by atoms with van der Waals surface area (Å²) in [5, 5.41) is 10.4. The maximum Gasteiger partial charge on any atom is 0.323 e. The minimum absolute atomic E-state index is 0.223. The Morgan fingerprint density at radius 1 is 1.81 bits per heavy atom. The zero-order valence-corrected chi connectivity index (χ0v) is 9.79. The van der Waals surface area contributed by atoms with Crippen molar-refractivity contribution in [3.8, 4) is 0 Å². The number of hydrogen-bond donors (Lipinski definition) is 2. The molecule has 88 valence electrons. The lowest BCUT2D eigenvalue weighted by Gasteiger charge is -2.14. The van der Waals surface area contributed by atoms with Crippen molar-refractivity contribution >= 4 is 17.7 Å². The number of carbonyl (C=O) groups excluding carboxylic acids is 1. The largest absolute Gasteiger partial charge is 0.468 e. The van der Waals surface area contributed by atoms with Crippen LogP contribution in [0.1, 0.15) is 12.8 Å². The monoisotopic (exact) mass is 242 g/mol. The van der Waals surface area contributed by atoms with Crippen molar-refractivity contribution in [2.24, 2.45) is 0 Å². The van der Waals surface area contributed by atoms with Gasteiger partial charge >= 0.3 is 5.97 Å². The highest BCUT2D eigenvalue weighted by Gasteiger charge is 2.29. The van der Waals surface area contributed by atoms with Crippen molar-refractivity contribution in [2.45, 2.75) is 30.1 Å². The van der Waals surface area contributed by atoms with E-state index in [4.69, 9.17) is 4.74 Å². The van der Waals surface area contributed by atoms with E-state index in [1.165, 1.54) is 25.2 Å². The van der Waals surface area contributed by atoms with Gasteiger partial charge in [0.15, 0.2) is 5.16 Å². The molecule has 0 spiro atoms. The van der Waals surface area contributed by atoms with Gasteiger partial charge in [-0.2, -0.15) is 5.10 Å². The number of esters is 1. The number of hydrogen-bond acceptors (Lipinski definition) is 6. The van der Waals surface area contributed by atoms with E-state index < -0.39 is 0 Å². The second-order valence-corrected chi connectivity index (χ2v) is 4.63. The molecule has 0 aliphatic heterocycles. The van der Waals surface area contributed by atoms with Crippen LogP contribution >= 0.6 is 11.8 Å². The summed E-state index contributed by atoms with van der Waals surface area (Å²) in [5.74, 6) is 0.372. The van der Waals surface area contributed by atoms with Gasteiger partial charge in [0, 0.05) is 11.8 Å². The summed E-state index contributed by atoms with van der Waals surface area (Å²) in [4.78, 5) is 15.5. The minimum Gasteiger partial charge on any atom is -0.468 e. The van der Waals surface area contributed by atoms with E-state index in [-0.39, 0.29) is 12.0 Å². The van der Waals surface area contributed by atoms with Crippen molar-refractivity contribution in [3.63, 3.8) is 0 Å². The number of thioether (sulfide) groups is 1. The van der Waals surface area contributed by atoms with Crippen molar-refractivity contribution in [1.82, 2.24) is 20.5 Å². The summed E-state index contributed by atoms with van der Waals surface area (Å²) in [6, 6.07) is 0.201. The molecule has 6 nitrogen and oxygen atoms in total. The fourth-order valence-corrected chi connectivity index (χ4v) is 2.08. The molecule has 1 aliphatic rings. The number of ether oxygens (including phenoxy) is 1. The normalized spacial score (nSPS) is 17.1. The number of carbonyl (C=O) groups is 1. The highest BCUT2D eigenvalue weighted by molar-refractivity contribution is 7.99. The molecule has 0 radical (unpaired) electrons. The quantitative estimate of drug-likeness (QED) is 0.547. The molecule has 1 atom stereocenters. The maximum atomic E-state index is 11.5. The molecule has 1 saturated carbocycles. The Hall–Kier alpha value is -1.08. The van der Waals surface area contributed by atoms with E-state index in [2.05, 4.69) is 20.5 Å². The molecule has 7 heteroatoms. The third kappa shape index (κ3) is 3.21. The maximum absolute atomic E-state index is 11.5. The third-order valence-electron chi connectivity index (χ3n) is 2.28. The Balaban J connectivity index is 1.83. The fraction of sp³-hybridized carbons (Fsp3) is 0.667. The van der Waals surface area contributed by atoms with Gasteiger partial charge in [-0.15, -0.1) is 0 Å². The first kappa shape index (κ1) is 11.4. The fourth-order valence-electron chi connectivity index (χ4n) is 1.29. The first-order valence-corrected chi connectivity index (χ1v) is 6.10. The van der Waals surface area contributed by atoms with E-state index in [1.54, 1.807) is 0 Å². The lowest BCUT2D eigenvalue weighted by molar-refractivity contribution is -0.142. The van der Waals surface area contributed by atoms with Crippen LogP contribution in [0.25, 0.3) is 0 Å². The van der Waals surface area contributed by atoms with Crippen LogP contribution in [-0.4, -0.2) is 46.1 Å². The molecular weight excluding hydrogens is 228 g/mol. The number of H-pyrrole nitrogens is 1.